The molecule has 4 nitrogen and oxygen atoms in total. The highest BCUT2D eigenvalue weighted by Crippen LogP contribution is 2.34. The Balaban J connectivity index is 1.97. The fourth-order valence-corrected chi connectivity index (χ4v) is 3.51. The van der Waals surface area contributed by atoms with Crippen molar-refractivity contribution in [2.45, 2.75) is 70.3 Å². The van der Waals surface area contributed by atoms with Gasteiger partial charge in [-0.05, 0) is 45.4 Å². The molecule has 2 unspecified atom stereocenters. The minimum Gasteiger partial charge on any atom is -0.481 e. The molecule has 1 amide bonds. The molecule has 0 aromatic carbocycles. The lowest BCUT2D eigenvalue weighted by atomic mass is 9.73. The second-order valence-electron chi connectivity index (χ2n) is 6.39. The molecule has 20 heavy (non-hydrogen) atoms. The van der Waals surface area contributed by atoms with Crippen molar-refractivity contribution in [3.05, 3.63) is 11.6 Å². The van der Waals surface area contributed by atoms with Crippen LogP contribution in [0.15, 0.2) is 11.6 Å². The van der Waals surface area contributed by atoms with Gasteiger partial charge >= 0.3 is 5.97 Å². The first-order valence-corrected chi connectivity index (χ1v) is 7.73. The van der Waals surface area contributed by atoms with Gasteiger partial charge < -0.3 is 10.4 Å². The van der Waals surface area contributed by atoms with Crippen LogP contribution >= 0.6 is 0 Å². The Bertz CT molecular complexity index is 416. The average Bonchev–Trinajstić information content (AvgIpc) is 2.39. The van der Waals surface area contributed by atoms with Gasteiger partial charge in [0.1, 0.15) is 0 Å². The number of amides is 1. The lowest BCUT2D eigenvalue weighted by Gasteiger charge is -2.40. The van der Waals surface area contributed by atoms with Gasteiger partial charge in [-0.2, -0.15) is 0 Å². The maximum absolute atomic E-state index is 12.2. The molecule has 112 valence electrons. The summed E-state index contributed by atoms with van der Waals surface area (Å²) in [4.78, 5) is 23.6. The molecule has 0 aromatic heterocycles. The summed E-state index contributed by atoms with van der Waals surface area (Å²) in [5.74, 6) is -1.27. The van der Waals surface area contributed by atoms with Crippen LogP contribution in [-0.2, 0) is 9.59 Å². The number of nitrogens with one attached hydrogen (secondary N) is 1. The molecule has 1 fully saturated rings. The van der Waals surface area contributed by atoms with Gasteiger partial charge in [-0.15, -0.1) is 0 Å². The smallest absolute Gasteiger partial charge is 0.308 e. The van der Waals surface area contributed by atoms with Crippen LogP contribution in [0, 0.1) is 5.92 Å². The second kappa shape index (κ2) is 6.42. The summed E-state index contributed by atoms with van der Waals surface area (Å²) in [5.41, 5.74) is 0.621. The van der Waals surface area contributed by atoms with Crippen LogP contribution in [-0.4, -0.2) is 22.5 Å². The predicted octanol–water partition coefficient (Wildman–Crippen LogP) is 3.03. The molecule has 0 heterocycles. The van der Waals surface area contributed by atoms with Crippen molar-refractivity contribution in [2.24, 2.45) is 5.92 Å². The largest absolute Gasteiger partial charge is 0.481 e. The molecule has 0 aliphatic heterocycles. The van der Waals surface area contributed by atoms with Crippen LogP contribution in [0.2, 0.25) is 0 Å². The molecule has 2 N–H and O–H groups in total. The minimum atomic E-state index is -0.788. The molecule has 2 atom stereocenters. The number of carbonyl (C=O) groups excluding carboxylic acids is 1. The van der Waals surface area contributed by atoms with Crippen molar-refractivity contribution in [3.63, 3.8) is 0 Å². The van der Waals surface area contributed by atoms with Crippen LogP contribution in [0.3, 0.4) is 0 Å². The zero-order valence-corrected chi connectivity index (χ0v) is 12.3. The Labute approximate surface area is 120 Å². The summed E-state index contributed by atoms with van der Waals surface area (Å²) >= 11 is 0. The molecule has 0 saturated heterocycles. The Morgan fingerprint density at radius 3 is 2.80 bits per heavy atom. The van der Waals surface area contributed by atoms with E-state index in [1.807, 2.05) is 6.92 Å². The molecule has 0 spiro atoms. The number of hydrogen-bond acceptors (Lipinski definition) is 2. The Morgan fingerprint density at radius 2 is 2.15 bits per heavy atom. The first-order valence-electron chi connectivity index (χ1n) is 7.73. The van der Waals surface area contributed by atoms with E-state index in [1.165, 1.54) is 12.0 Å². The van der Waals surface area contributed by atoms with Gasteiger partial charge in [0, 0.05) is 6.42 Å². The van der Waals surface area contributed by atoms with Crippen LogP contribution in [0.5, 0.6) is 0 Å². The molecule has 4 heteroatoms. The van der Waals surface area contributed by atoms with E-state index in [4.69, 9.17) is 0 Å². The number of rotatable bonds is 4. The quantitative estimate of drug-likeness (QED) is 0.777. The fourth-order valence-electron chi connectivity index (χ4n) is 3.51. The number of carbonyl (C=O) groups is 2. The zero-order chi connectivity index (χ0) is 14.6. The third-order valence-corrected chi connectivity index (χ3v) is 4.70. The van der Waals surface area contributed by atoms with Crippen molar-refractivity contribution < 1.29 is 14.7 Å². The van der Waals surface area contributed by atoms with Gasteiger partial charge in [0.2, 0.25) is 5.91 Å². The lowest BCUT2D eigenvalue weighted by Crippen LogP contribution is -2.55. The number of carboxylic acids is 1. The SMILES string of the molecule is CC1(NC(=O)CC2=CCCCC2)CCCCC1C(=O)O. The molecule has 0 bridgehead atoms. The minimum absolute atomic E-state index is 0.0196. The lowest BCUT2D eigenvalue weighted by molar-refractivity contribution is -0.146. The van der Waals surface area contributed by atoms with Crippen molar-refractivity contribution in [3.8, 4) is 0 Å². The van der Waals surface area contributed by atoms with Gasteiger partial charge in [-0.3, -0.25) is 9.59 Å². The predicted molar refractivity (Wildman–Crippen MR) is 77.3 cm³/mol. The molecular weight excluding hydrogens is 254 g/mol. The van der Waals surface area contributed by atoms with E-state index in [0.717, 1.165) is 38.5 Å². The number of allylic oxidation sites excluding steroid dienone is 1. The summed E-state index contributed by atoms with van der Waals surface area (Å²) in [6, 6.07) is 0. The van der Waals surface area contributed by atoms with Gasteiger partial charge in [-0.1, -0.05) is 24.5 Å². The fraction of sp³-hybridized carbons (Fsp3) is 0.750. The second-order valence-corrected chi connectivity index (χ2v) is 6.39. The van der Waals surface area contributed by atoms with Crippen LogP contribution in [0.25, 0.3) is 0 Å². The Morgan fingerprint density at radius 1 is 1.35 bits per heavy atom. The van der Waals surface area contributed by atoms with Crippen LogP contribution in [0.1, 0.15) is 64.7 Å². The summed E-state index contributed by atoms with van der Waals surface area (Å²) in [7, 11) is 0. The van der Waals surface area contributed by atoms with E-state index in [9.17, 15) is 14.7 Å². The molecule has 2 aliphatic carbocycles. The third kappa shape index (κ3) is 3.62. The maximum atomic E-state index is 12.2. The molecular formula is C16H25NO3. The zero-order valence-electron chi connectivity index (χ0n) is 12.3. The highest BCUT2D eigenvalue weighted by Gasteiger charge is 2.42. The van der Waals surface area contributed by atoms with Gasteiger partial charge in [0.15, 0.2) is 0 Å². The van der Waals surface area contributed by atoms with E-state index in [1.54, 1.807) is 0 Å². The molecule has 0 radical (unpaired) electrons. The van der Waals surface area contributed by atoms with Crippen molar-refractivity contribution in [1.82, 2.24) is 5.32 Å². The normalized spacial score (nSPS) is 30.4. The maximum Gasteiger partial charge on any atom is 0.308 e. The Kier molecular flexibility index (Phi) is 4.84. The van der Waals surface area contributed by atoms with Crippen LogP contribution < -0.4 is 5.32 Å². The monoisotopic (exact) mass is 279 g/mol. The number of aliphatic carboxylic acids is 1. The van der Waals surface area contributed by atoms with Crippen molar-refractivity contribution in [1.29, 1.82) is 0 Å². The molecule has 1 saturated carbocycles. The number of carboxylic acid groups (broad SMARTS) is 1. The van der Waals surface area contributed by atoms with Gasteiger partial charge in [-0.25, -0.2) is 0 Å². The topological polar surface area (TPSA) is 66.4 Å². The van der Waals surface area contributed by atoms with Crippen LogP contribution in [0.4, 0.5) is 0 Å². The van der Waals surface area contributed by atoms with E-state index in [0.29, 0.717) is 12.8 Å². The average molecular weight is 279 g/mol. The van der Waals surface area contributed by atoms with Crippen molar-refractivity contribution >= 4 is 11.9 Å². The third-order valence-electron chi connectivity index (χ3n) is 4.70. The van der Waals surface area contributed by atoms with Crippen molar-refractivity contribution in [2.75, 3.05) is 0 Å². The molecule has 0 aromatic rings. The first kappa shape index (κ1) is 15.1. The summed E-state index contributed by atoms with van der Waals surface area (Å²) in [5, 5.41) is 12.4. The van der Waals surface area contributed by atoms with E-state index in [-0.39, 0.29) is 5.91 Å². The van der Waals surface area contributed by atoms with Gasteiger partial charge in [0.25, 0.3) is 0 Å². The summed E-state index contributed by atoms with van der Waals surface area (Å²) < 4.78 is 0. The molecule has 2 aliphatic rings. The summed E-state index contributed by atoms with van der Waals surface area (Å²) in [6.45, 7) is 1.89. The molecule has 2 rings (SSSR count). The highest BCUT2D eigenvalue weighted by atomic mass is 16.4. The van der Waals surface area contributed by atoms with E-state index in [2.05, 4.69) is 11.4 Å². The van der Waals surface area contributed by atoms with E-state index < -0.39 is 17.4 Å². The first-order chi connectivity index (χ1) is 9.51. The highest BCUT2D eigenvalue weighted by molar-refractivity contribution is 5.81. The Hall–Kier alpha value is -1.32. The number of hydrogen-bond donors (Lipinski definition) is 2. The summed E-state index contributed by atoms with van der Waals surface area (Å²) in [6.07, 6.45) is 10.4. The van der Waals surface area contributed by atoms with Gasteiger partial charge in [0.05, 0.1) is 11.5 Å². The van der Waals surface area contributed by atoms with E-state index >= 15 is 0 Å². The standard InChI is InChI=1S/C16H25NO3/c1-16(10-6-5-9-13(16)15(19)20)17-14(18)11-12-7-3-2-4-8-12/h7,13H,2-6,8-11H2,1H3,(H,17,18)(H,19,20).